The zero-order chi connectivity index (χ0) is 56.7. The zero-order valence-corrected chi connectivity index (χ0v) is 48.7. The van der Waals surface area contributed by atoms with Crippen molar-refractivity contribution >= 4 is 16.4 Å². The fourth-order valence-corrected chi connectivity index (χ4v) is 8.60. The molecule has 1 aliphatic rings. The third-order valence-electron chi connectivity index (χ3n) is 12.5. The summed E-state index contributed by atoms with van der Waals surface area (Å²) in [5.41, 5.74) is 0. The van der Waals surface area contributed by atoms with E-state index >= 15 is 0 Å². The van der Waals surface area contributed by atoms with E-state index in [1.807, 2.05) is 0 Å². The predicted molar refractivity (Wildman–Crippen MR) is 321 cm³/mol. The van der Waals surface area contributed by atoms with Gasteiger partial charge in [0, 0.05) is 13.0 Å². The van der Waals surface area contributed by atoms with Crippen LogP contribution in [-0.4, -0.2) is 97.5 Å². The van der Waals surface area contributed by atoms with Crippen molar-refractivity contribution in [1.29, 1.82) is 0 Å². The van der Waals surface area contributed by atoms with Crippen molar-refractivity contribution in [3.63, 3.8) is 0 Å². The van der Waals surface area contributed by atoms with Crippen molar-refractivity contribution in [1.82, 2.24) is 0 Å². The molecule has 78 heavy (non-hydrogen) atoms. The first-order valence-electron chi connectivity index (χ1n) is 29.6. The number of ether oxygens (including phenoxy) is 4. The highest BCUT2D eigenvalue weighted by Crippen LogP contribution is 2.26. The van der Waals surface area contributed by atoms with Crippen molar-refractivity contribution in [2.75, 3.05) is 26.4 Å². The molecule has 0 aromatic rings. The van der Waals surface area contributed by atoms with E-state index in [0.717, 1.165) is 148 Å². The third kappa shape index (κ3) is 45.8. The first-order chi connectivity index (χ1) is 38.1. The fraction of sp³-hybridized carbons (Fsp3) is 0.615. The lowest BCUT2D eigenvalue weighted by molar-refractivity contribution is -0.301. The van der Waals surface area contributed by atoms with Crippen LogP contribution in [0, 0.1) is 0 Å². The summed E-state index contributed by atoms with van der Waals surface area (Å²) in [5.74, 6) is -0.424. The molecule has 442 valence electrons. The van der Waals surface area contributed by atoms with Gasteiger partial charge in [0.15, 0.2) is 6.29 Å². The van der Waals surface area contributed by atoms with E-state index in [-0.39, 0.29) is 19.6 Å². The topological polar surface area (TPSA) is 178 Å². The van der Waals surface area contributed by atoms with Crippen molar-refractivity contribution in [3.05, 3.63) is 146 Å². The molecule has 1 fully saturated rings. The number of unbranched alkanes of at least 4 members (excludes halogenated alkanes) is 13. The molecule has 13 heteroatoms. The van der Waals surface area contributed by atoms with Crippen LogP contribution in [0.1, 0.15) is 194 Å². The van der Waals surface area contributed by atoms with Crippen molar-refractivity contribution < 1.29 is 56.2 Å². The Morgan fingerprint density at radius 2 is 0.846 bits per heavy atom. The molecule has 0 radical (unpaired) electrons. The van der Waals surface area contributed by atoms with Crippen LogP contribution < -0.4 is 0 Å². The fourth-order valence-electron chi connectivity index (χ4n) is 8.09. The number of hydrogen-bond donors (Lipinski definition) is 4. The van der Waals surface area contributed by atoms with Crippen LogP contribution in [0.4, 0.5) is 0 Å². The predicted octanol–water partition coefficient (Wildman–Crippen LogP) is 15.2. The molecular formula is C65H104O12S. The summed E-state index contributed by atoms with van der Waals surface area (Å²) in [6.45, 7) is 3.70. The zero-order valence-electron chi connectivity index (χ0n) is 47.9. The molecule has 0 aromatic heterocycles. The number of carbonyl (C=O) groups is 1. The third-order valence-corrected chi connectivity index (χ3v) is 12.9. The number of carbonyl (C=O) groups excluding carboxylic acids is 1. The van der Waals surface area contributed by atoms with Gasteiger partial charge in [-0.25, -0.2) is 4.18 Å². The standard InChI is InChI=1S/C65H104O12S/c1-3-5-7-9-11-13-15-17-19-21-23-25-27-29-31-33-35-37-39-41-43-45-47-49-51-53-55-73-57-59(58-74-65-63(69)64(77-78(70,71)72)62(68)60(56-66)76-65)75-61(67)54-52-50-48-46-44-42-40-38-36-34-32-30-28-26-24-22-20-18-16-14-12-10-8-6-4-2/h5-8,11-14,17-20,23-26,29-32,35-38,59-60,62-66,68-69H,3-4,9-10,15-16,21-22,27-28,33-34,39-58H2,1-2H3,(H,70,71,72)/b7-5-,8-6-,13-11-,14-12-,19-17-,20-18-,25-23-,26-24-,31-29-,32-30-,37-35-,38-36-. The van der Waals surface area contributed by atoms with Gasteiger partial charge in [-0.1, -0.05) is 217 Å². The Labute approximate surface area is 473 Å². The van der Waals surface area contributed by atoms with Crippen LogP contribution in [0.2, 0.25) is 0 Å². The van der Waals surface area contributed by atoms with E-state index in [4.69, 9.17) is 18.9 Å². The molecule has 6 atom stereocenters. The van der Waals surface area contributed by atoms with Crippen LogP contribution >= 0.6 is 0 Å². The van der Waals surface area contributed by atoms with Gasteiger partial charge >= 0.3 is 16.4 Å². The molecule has 0 aromatic carbocycles. The average molecular weight is 1110 g/mol. The first-order valence-corrected chi connectivity index (χ1v) is 31.0. The molecule has 1 saturated heterocycles. The summed E-state index contributed by atoms with van der Waals surface area (Å²) in [7, 11) is -5.08. The lowest BCUT2D eigenvalue weighted by Gasteiger charge is -2.41. The molecule has 0 spiro atoms. The minimum Gasteiger partial charge on any atom is -0.457 e. The molecule has 1 heterocycles. The molecule has 6 unspecified atom stereocenters. The highest BCUT2D eigenvalue weighted by Gasteiger charge is 2.48. The quantitative estimate of drug-likeness (QED) is 0.0196. The Morgan fingerprint density at radius 3 is 1.23 bits per heavy atom. The van der Waals surface area contributed by atoms with Gasteiger partial charge in [-0.15, -0.1) is 0 Å². The van der Waals surface area contributed by atoms with Crippen LogP contribution in [0.3, 0.4) is 0 Å². The molecule has 12 nitrogen and oxygen atoms in total. The smallest absolute Gasteiger partial charge is 0.397 e. The second-order valence-corrected chi connectivity index (χ2v) is 20.5. The number of hydrogen-bond acceptors (Lipinski definition) is 11. The summed E-state index contributed by atoms with van der Waals surface area (Å²) < 4.78 is 59.5. The Balaban J connectivity index is 2.34. The van der Waals surface area contributed by atoms with E-state index in [2.05, 4.69) is 164 Å². The van der Waals surface area contributed by atoms with E-state index in [1.54, 1.807) is 0 Å². The van der Waals surface area contributed by atoms with E-state index in [1.165, 1.54) is 19.3 Å². The Kier molecular flexibility index (Phi) is 49.5. The summed E-state index contributed by atoms with van der Waals surface area (Å²) >= 11 is 0. The summed E-state index contributed by atoms with van der Waals surface area (Å²) in [4.78, 5) is 13.0. The van der Waals surface area contributed by atoms with E-state index in [0.29, 0.717) is 13.0 Å². The normalized spacial score (nSPS) is 19.5. The van der Waals surface area contributed by atoms with Crippen LogP contribution in [0.25, 0.3) is 0 Å². The number of aliphatic hydroxyl groups excluding tert-OH is 3. The highest BCUT2D eigenvalue weighted by atomic mass is 32.3. The number of esters is 1. The first kappa shape index (κ1) is 72.0. The van der Waals surface area contributed by atoms with Gasteiger partial charge in [-0.05, 0) is 116 Å². The maximum atomic E-state index is 13.0. The van der Waals surface area contributed by atoms with Gasteiger partial charge in [-0.3, -0.25) is 9.35 Å². The number of aliphatic hydroxyl groups is 3. The van der Waals surface area contributed by atoms with E-state index in [9.17, 15) is 33.1 Å². The van der Waals surface area contributed by atoms with Gasteiger partial charge in [0.1, 0.15) is 30.5 Å². The minimum atomic E-state index is -5.08. The average Bonchev–Trinajstić information content (AvgIpc) is 3.42. The van der Waals surface area contributed by atoms with Gasteiger partial charge in [-0.2, -0.15) is 8.42 Å². The Hall–Kier alpha value is -4.02. The Bertz CT molecular complexity index is 1910. The molecule has 0 saturated carbocycles. The van der Waals surface area contributed by atoms with Gasteiger partial charge in [0.25, 0.3) is 0 Å². The van der Waals surface area contributed by atoms with Crippen molar-refractivity contribution in [2.24, 2.45) is 0 Å². The summed E-state index contributed by atoms with van der Waals surface area (Å²) in [6.07, 6.45) is 71.6. The lowest BCUT2D eigenvalue weighted by atomic mass is 9.99. The maximum absolute atomic E-state index is 13.0. The van der Waals surface area contributed by atoms with Crippen molar-refractivity contribution in [2.45, 2.75) is 230 Å². The lowest BCUT2D eigenvalue weighted by Crippen LogP contribution is -2.60. The molecule has 1 aliphatic heterocycles. The Morgan fingerprint density at radius 1 is 0.487 bits per heavy atom. The number of rotatable bonds is 50. The number of allylic oxidation sites excluding steroid dienone is 24. The monoisotopic (exact) mass is 1110 g/mol. The van der Waals surface area contributed by atoms with Crippen LogP contribution in [0.15, 0.2) is 146 Å². The second kappa shape index (κ2) is 53.6. The maximum Gasteiger partial charge on any atom is 0.397 e. The highest BCUT2D eigenvalue weighted by molar-refractivity contribution is 7.80. The van der Waals surface area contributed by atoms with Gasteiger partial charge < -0.3 is 34.3 Å². The minimum absolute atomic E-state index is 0.0108. The molecule has 0 bridgehead atoms. The summed E-state index contributed by atoms with van der Waals surface area (Å²) in [5, 5.41) is 30.9. The SMILES string of the molecule is CC/C=C\C/C=C\C/C=C\C/C=C\C/C=C\C/C=C\CCCCCCCCCOCC(COC1OC(CO)C(O)C(OS(=O)(=O)O)C1O)OC(=O)CCCCCCCC/C=C\C/C=C\C/C=C\C/C=C\C/C=C\C/C=C\CC. The van der Waals surface area contributed by atoms with Gasteiger partial charge in [0.05, 0.1) is 19.8 Å². The molecule has 1 rings (SSSR count). The van der Waals surface area contributed by atoms with E-state index < -0.39 is 59.8 Å². The van der Waals surface area contributed by atoms with Gasteiger partial charge in [0.2, 0.25) is 0 Å². The summed E-state index contributed by atoms with van der Waals surface area (Å²) in [6, 6.07) is 0. The van der Waals surface area contributed by atoms with Crippen LogP contribution in [0.5, 0.6) is 0 Å². The van der Waals surface area contributed by atoms with Crippen LogP contribution in [-0.2, 0) is 38.3 Å². The molecular weight excluding hydrogens is 1000 g/mol. The second-order valence-electron chi connectivity index (χ2n) is 19.5. The largest absolute Gasteiger partial charge is 0.457 e. The van der Waals surface area contributed by atoms with Crippen molar-refractivity contribution in [3.8, 4) is 0 Å². The molecule has 0 amide bonds. The molecule has 0 aliphatic carbocycles. The molecule has 4 N–H and O–H groups in total.